The van der Waals surface area contributed by atoms with Gasteiger partial charge in [0.15, 0.2) is 0 Å². The molecule has 0 radical (unpaired) electrons. The van der Waals surface area contributed by atoms with Gasteiger partial charge in [-0.1, -0.05) is 35.9 Å². The maximum atomic E-state index is 12.4. The maximum Gasteiger partial charge on any atom is 0.333 e. The molecule has 3 aromatic rings. The molecule has 0 fully saturated rings. The van der Waals surface area contributed by atoms with Gasteiger partial charge in [0, 0.05) is 0 Å². The van der Waals surface area contributed by atoms with Crippen molar-refractivity contribution >= 4 is 22.5 Å². The molecule has 0 aliphatic heterocycles. The van der Waals surface area contributed by atoms with Crippen molar-refractivity contribution in [2.75, 3.05) is 0 Å². The molecule has 94 valence electrons. The second-order valence-corrected chi connectivity index (χ2v) is 4.48. The second kappa shape index (κ2) is 4.40. The largest absolute Gasteiger partial charge is 0.333 e. The molecule has 0 saturated carbocycles. The van der Waals surface area contributed by atoms with Gasteiger partial charge in [-0.15, -0.1) is 0 Å². The van der Waals surface area contributed by atoms with Gasteiger partial charge >= 0.3 is 5.69 Å². The molecule has 0 bridgehead atoms. The summed E-state index contributed by atoms with van der Waals surface area (Å²) in [6, 6.07) is 13.7. The van der Waals surface area contributed by atoms with E-state index in [4.69, 9.17) is 11.6 Å². The molecule has 5 heteroatoms. The normalized spacial score (nSPS) is 10.8. The molecule has 2 aromatic carbocycles. The first kappa shape index (κ1) is 11.7. The van der Waals surface area contributed by atoms with Crippen molar-refractivity contribution in [1.82, 2.24) is 9.55 Å². The molecular weight excluding hydrogens is 264 g/mol. The molecule has 0 aliphatic carbocycles. The van der Waals surface area contributed by atoms with Gasteiger partial charge in [-0.3, -0.25) is 4.79 Å². The summed E-state index contributed by atoms with van der Waals surface area (Å²) in [4.78, 5) is 27.1. The first-order valence-electron chi connectivity index (χ1n) is 5.67. The Balaban J connectivity index is 2.49. The first-order chi connectivity index (χ1) is 9.18. The Hall–Kier alpha value is -2.33. The topological polar surface area (TPSA) is 54.9 Å². The SMILES string of the molecule is O=c1[nH]c2cccc(Cl)c2c(=O)n1-c1ccccc1. The number of hydrogen-bond acceptors (Lipinski definition) is 2. The summed E-state index contributed by atoms with van der Waals surface area (Å²) >= 11 is 6.04. The van der Waals surface area contributed by atoms with Gasteiger partial charge in [-0.2, -0.15) is 0 Å². The van der Waals surface area contributed by atoms with Crippen molar-refractivity contribution in [3.63, 3.8) is 0 Å². The van der Waals surface area contributed by atoms with E-state index in [1.165, 1.54) is 0 Å². The van der Waals surface area contributed by atoms with Crippen LogP contribution in [0.2, 0.25) is 5.02 Å². The molecule has 1 N–H and O–H groups in total. The third kappa shape index (κ3) is 1.86. The minimum Gasteiger partial charge on any atom is -0.306 e. The predicted octanol–water partition coefficient (Wildman–Crippen LogP) is 2.33. The van der Waals surface area contributed by atoms with E-state index in [-0.39, 0.29) is 0 Å². The van der Waals surface area contributed by atoms with Crippen LogP contribution < -0.4 is 11.2 Å². The highest BCUT2D eigenvalue weighted by Gasteiger charge is 2.11. The van der Waals surface area contributed by atoms with Crippen LogP contribution in [0.4, 0.5) is 0 Å². The van der Waals surface area contributed by atoms with Crippen LogP contribution in [-0.2, 0) is 0 Å². The summed E-state index contributed by atoms with van der Waals surface area (Å²) in [6.07, 6.45) is 0. The number of aromatic amines is 1. The fourth-order valence-corrected chi connectivity index (χ4v) is 2.29. The average Bonchev–Trinajstić information content (AvgIpc) is 2.39. The van der Waals surface area contributed by atoms with Gasteiger partial charge in [0.1, 0.15) is 0 Å². The Morgan fingerprint density at radius 2 is 1.68 bits per heavy atom. The lowest BCUT2D eigenvalue weighted by molar-refractivity contribution is 0.901. The number of nitrogens with zero attached hydrogens (tertiary/aromatic N) is 1. The van der Waals surface area contributed by atoms with E-state index in [1.54, 1.807) is 42.5 Å². The first-order valence-corrected chi connectivity index (χ1v) is 6.05. The van der Waals surface area contributed by atoms with E-state index < -0.39 is 11.2 Å². The Kier molecular flexibility index (Phi) is 2.72. The standard InChI is InChI=1S/C14H9ClN2O2/c15-10-7-4-8-11-12(10)13(18)17(14(19)16-11)9-5-2-1-3-6-9/h1-8H,(H,16,19). The smallest absolute Gasteiger partial charge is 0.306 e. The van der Waals surface area contributed by atoms with Crippen molar-refractivity contribution < 1.29 is 0 Å². The molecule has 19 heavy (non-hydrogen) atoms. The van der Waals surface area contributed by atoms with Crippen LogP contribution in [-0.4, -0.2) is 9.55 Å². The van der Waals surface area contributed by atoms with Gasteiger partial charge in [-0.25, -0.2) is 9.36 Å². The Morgan fingerprint density at radius 1 is 0.947 bits per heavy atom. The van der Waals surface area contributed by atoms with E-state index in [0.717, 1.165) is 4.57 Å². The van der Waals surface area contributed by atoms with Gasteiger partial charge in [0.25, 0.3) is 5.56 Å². The number of halogens is 1. The van der Waals surface area contributed by atoms with Gasteiger partial charge in [0.05, 0.1) is 21.6 Å². The maximum absolute atomic E-state index is 12.4. The highest BCUT2D eigenvalue weighted by atomic mass is 35.5. The lowest BCUT2D eigenvalue weighted by atomic mass is 10.2. The van der Waals surface area contributed by atoms with E-state index >= 15 is 0 Å². The fourth-order valence-electron chi connectivity index (χ4n) is 2.03. The van der Waals surface area contributed by atoms with Crippen molar-refractivity contribution in [2.24, 2.45) is 0 Å². The van der Waals surface area contributed by atoms with Crippen LogP contribution >= 0.6 is 11.6 Å². The number of benzene rings is 2. The molecule has 0 amide bonds. The summed E-state index contributed by atoms with van der Waals surface area (Å²) in [5.41, 5.74) is 0.0479. The summed E-state index contributed by atoms with van der Waals surface area (Å²) in [6.45, 7) is 0. The molecular formula is C14H9ClN2O2. The van der Waals surface area contributed by atoms with Crippen LogP contribution in [0.1, 0.15) is 0 Å². The van der Waals surface area contributed by atoms with Crippen LogP contribution in [0.25, 0.3) is 16.6 Å². The van der Waals surface area contributed by atoms with Crippen molar-refractivity contribution in [3.8, 4) is 5.69 Å². The number of hydrogen-bond donors (Lipinski definition) is 1. The van der Waals surface area contributed by atoms with Crippen molar-refractivity contribution in [1.29, 1.82) is 0 Å². The van der Waals surface area contributed by atoms with E-state index in [2.05, 4.69) is 4.98 Å². The zero-order valence-corrected chi connectivity index (χ0v) is 10.5. The molecule has 3 rings (SSSR count). The van der Waals surface area contributed by atoms with Gasteiger partial charge in [-0.05, 0) is 24.3 Å². The Morgan fingerprint density at radius 3 is 2.42 bits per heavy atom. The quantitative estimate of drug-likeness (QED) is 0.739. The van der Waals surface area contributed by atoms with Crippen LogP contribution in [0.3, 0.4) is 0 Å². The number of para-hydroxylation sites is 1. The monoisotopic (exact) mass is 272 g/mol. The third-order valence-electron chi connectivity index (χ3n) is 2.89. The predicted molar refractivity (Wildman–Crippen MR) is 75.2 cm³/mol. The summed E-state index contributed by atoms with van der Waals surface area (Å²) < 4.78 is 1.08. The zero-order chi connectivity index (χ0) is 13.4. The van der Waals surface area contributed by atoms with Crippen molar-refractivity contribution in [2.45, 2.75) is 0 Å². The number of aromatic nitrogens is 2. The van der Waals surface area contributed by atoms with Crippen LogP contribution in [0.15, 0.2) is 58.1 Å². The number of H-pyrrole nitrogens is 1. The Labute approximate surface area is 112 Å². The highest BCUT2D eigenvalue weighted by molar-refractivity contribution is 6.35. The van der Waals surface area contributed by atoms with E-state index in [1.807, 2.05) is 6.07 Å². The number of fused-ring (bicyclic) bond motifs is 1. The minimum atomic E-state index is -0.481. The van der Waals surface area contributed by atoms with Crippen molar-refractivity contribution in [3.05, 3.63) is 74.4 Å². The van der Waals surface area contributed by atoms with E-state index in [0.29, 0.717) is 21.6 Å². The van der Waals surface area contributed by atoms with Crippen LogP contribution in [0, 0.1) is 0 Å². The minimum absolute atomic E-state index is 0.313. The molecule has 0 atom stereocenters. The van der Waals surface area contributed by atoms with Crippen LogP contribution in [0.5, 0.6) is 0 Å². The molecule has 1 aromatic heterocycles. The molecule has 4 nitrogen and oxygen atoms in total. The third-order valence-corrected chi connectivity index (χ3v) is 3.20. The second-order valence-electron chi connectivity index (χ2n) is 4.07. The zero-order valence-electron chi connectivity index (χ0n) is 9.76. The number of rotatable bonds is 1. The highest BCUT2D eigenvalue weighted by Crippen LogP contribution is 2.17. The molecule has 0 aliphatic rings. The fraction of sp³-hybridized carbons (Fsp3) is 0. The van der Waals surface area contributed by atoms with E-state index in [9.17, 15) is 9.59 Å². The molecule has 1 heterocycles. The molecule has 0 unspecified atom stereocenters. The lowest BCUT2D eigenvalue weighted by Gasteiger charge is -2.06. The summed E-state index contributed by atoms with van der Waals surface area (Å²) in [7, 11) is 0. The number of nitrogens with one attached hydrogen (secondary N) is 1. The lowest BCUT2D eigenvalue weighted by Crippen LogP contribution is -2.33. The van der Waals surface area contributed by atoms with Gasteiger partial charge < -0.3 is 4.98 Å². The summed E-state index contributed by atoms with van der Waals surface area (Å²) in [5, 5.41) is 0.635. The summed E-state index contributed by atoms with van der Waals surface area (Å²) in [5.74, 6) is 0. The Bertz CT molecular complexity index is 866. The molecule has 0 spiro atoms. The van der Waals surface area contributed by atoms with Gasteiger partial charge in [0.2, 0.25) is 0 Å². The molecule has 0 saturated heterocycles. The average molecular weight is 273 g/mol.